The second kappa shape index (κ2) is 9.76. The summed E-state index contributed by atoms with van der Waals surface area (Å²) >= 11 is 0. The smallest absolute Gasteiger partial charge is 0.0355 e. The van der Waals surface area contributed by atoms with Gasteiger partial charge in [0.2, 0.25) is 0 Å². The molecule has 0 aliphatic rings. The van der Waals surface area contributed by atoms with E-state index in [-0.39, 0.29) is 0 Å². The van der Waals surface area contributed by atoms with Gasteiger partial charge in [-0.3, -0.25) is 0 Å². The SMILES string of the molecule is CC(=N)c1ccc(C)cc1.CCC(C)(C)CCCC(C)C. The van der Waals surface area contributed by atoms with Crippen molar-refractivity contribution >= 4 is 5.71 Å². The number of nitrogens with one attached hydrogen (secondary N) is 1. The van der Waals surface area contributed by atoms with Gasteiger partial charge in [0.25, 0.3) is 0 Å². The maximum atomic E-state index is 7.31. The minimum absolute atomic E-state index is 0.578. The highest BCUT2D eigenvalue weighted by Crippen LogP contribution is 2.27. The molecule has 1 nitrogen and oxygen atoms in total. The molecule has 0 saturated carbocycles. The number of hydrogen-bond acceptors (Lipinski definition) is 1. The molecule has 0 aliphatic heterocycles. The molecule has 0 amide bonds. The first-order chi connectivity index (χ1) is 9.68. The Kier molecular flexibility index (Phi) is 9.24. The molecule has 0 spiro atoms. The zero-order chi connectivity index (χ0) is 16.5. The monoisotopic (exact) mass is 289 g/mol. The summed E-state index contributed by atoms with van der Waals surface area (Å²) < 4.78 is 0. The third-order valence-corrected chi connectivity index (χ3v) is 4.08. The van der Waals surface area contributed by atoms with Crippen LogP contribution >= 0.6 is 0 Å². The van der Waals surface area contributed by atoms with Gasteiger partial charge in [0.15, 0.2) is 0 Å². The Bertz CT molecular complexity index is 398. The predicted molar refractivity (Wildman–Crippen MR) is 96.4 cm³/mol. The van der Waals surface area contributed by atoms with Gasteiger partial charge in [-0.1, -0.05) is 83.7 Å². The van der Waals surface area contributed by atoms with Crippen LogP contribution in [0.3, 0.4) is 0 Å². The van der Waals surface area contributed by atoms with Crippen LogP contribution in [0.25, 0.3) is 0 Å². The fourth-order valence-corrected chi connectivity index (χ4v) is 1.97. The summed E-state index contributed by atoms with van der Waals surface area (Å²) in [5.74, 6) is 0.877. The Morgan fingerprint density at radius 2 is 1.67 bits per heavy atom. The number of aryl methyl sites for hydroxylation is 1. The zero-order valence-electron chi connectivity index (χ0n) is 15.2. The average molecular weight is 290 g/mol. The zero-order valence-corrected chi connectivity index (χ0v) is 15.2. The Morgan fingerprint density at radius 1 is 1.14 bits per heavy atom. The molecule has 0 bridgehead atoms. The minimum Gasteiger partial charge on any atom is -0.305 e. The maximum Gasteiger partial charge on any atom is 0.0355 e. The van der Waals surface area contributed by atoms with Crippen molar-refractivity contribution in [2.24, 2.45) is 11.3 Å². The van der Waals surface area contributed by atoms with Gasteiger partial charge in [0.05, 0.1) is 0 Å². The molecular weight excluding hydrogens is 254 g/mol. The summed E-state index contributed by atoms with van der Waals surface area (Å²) in [4.78, 5) is 0. The number of hydrogen-bond donors (Lipinski definition) is 1. The lowest BCUT2D eigenvalue weighted by Gasteiger charge is -2.22. The molecule has 0 atom stereocenters. The quantitative estimate of drug-likeness (QED) is 0.568. The third kappa shape index (κ3) is 10.3. The standard InChI is InChI=1S/C11H24.C9H11N/c1-6-11(4,5)9-7-8-10(2)3;1-7-3-5-9(6-4-7)8(2)10/h10H,6-9H2,1-5H3;3-6,10H,1-2H3. The number of rotatable bonds is 6. The fourth-order valence-electron chi connectivity index (χ4n) is 1.97. The topological polar surface area (TPSA) is 23.9 Å². The van der Waals surface area contributed by atoms with Gasteiger partial charge in [-0.15, -0.1) is 0 Å². The summed E-state index contributed by atoms with van der Waals surface area (Å²) in [6, 6.07) is 7.98. The largest absolute Gasteiger partial charge is 0.305 e. The molecule has 1 aromatic rings. The normalized spacial score (nSPS) is 11.0. The van der Waals surface area contributed by atoms with E-state index in [2.05, 4.69) is 34.6 Å². The van der Waals surface area contributed by atoms with Crippen molar-refractivity contribution in [3.05, 3.63) is 35.4 Å². The Balaban J connectivity index is 0.000000382. The highest BCUT2D eigenvalue weighted by molar-refractivity contribution is 5.96. The molecule has 1 rings (SSSR count). The van der Waals surface area contributed by atoms with Crippen molar-refractivity contribution in [2.45, 2.75) is 74.1 Å². The van der Waals surface area contributed by atoms with Crippen LogP contribution in [-0.2, 0) is 0 Å². The van der Waals surface area contributed by atoms with Crippen LogP contribution in [-0.4, -0.2) is 5.71 Å². The van der Waals surface area contributed by atoms with Gasteiger partial charge in [-0.05, 0) is 37.2 Å². The highest BCUT2D eigenvalue weighted by atomic mass is 14.4. The van der Waals surface area contributed by atoms with Crippen molar-refractivity contribution in [3.63, 3.8) is 0 Å². The van der Waals surface area contributed by atoms with E-state index in [1.165, 1.54) is 31.2 Å². The van der Waals surface area contributed by atoms with E-state index in [0.29, 0.717) is 11.1 Å². The van der Waals surface area contributed by atoms with Crippen LogP contribution in [0.5, 0.6) is 0 Å². The molecule has 0 heterocycles. The van der Waals surface area contributed by atoms with Gasteiger partial charge in [-0.2, -0.15) is 0 Å². The molecular formula is C20H35N. The van der Waals surface area contributed by atoms with E-state index in [9.17, 15) is 0 Å². The van der Waals surface area contributed by atoms with Crippen molar-refractivity contribution < 1.29 is 0 Å². The van der Waals surface area contributed by atoms with E-state index in [1.807, 2.05) is 31.2 Å². The van der Waals surface area contributed by atoms with Gasteiger partial charge in [0.1, 0.15) is 0 Å². The van der Waals surface area contributed by atoms with Gasteiger partial charge in [-0.25, -0.2) is 0 Å². The third-order valence-electron chi connectivity index (χ3n) is 4.08. The Hall–Kier alpha value is -1.11. The molecule has 1 aromatic carbocycles. The summed E-state index contributed by atoms with van der Waals surface area (Å²) in [5, 5.41) is 7.31. The molecule has 0 unspecified atom stereocenters. The lowest BCUT2D eigenvalue weighted by molar-refractivity contribution is 0.301. The van der Waals surface area contributed by atoms with Crippen LogP contribution in [0.2, 0.25) is 0 Å². The molecule has 0 aliphatic carbocycles. The van der Waals surface area contributed by atoms with Gasteiger partial charge >= 0.3 is 0 Å². The van der Waals surface area contributed by atoms with Crippen LogP contribution in [0.4, 0.5) is 0 Å². The molecule has 0 aromatic heterocycles. The van der Waals surface area contributed by atoms with E-state index in [0.717, 1.165) is 11.5 Å². The lowest BCUT2D eigenvalue weighted by atomic mass is 9.84. The maximum absolute atomic E-state index is 7.31. The van der Waals surface area contributed by atoms with Crippen LogP contribution < -0.4 is 0 Å². The second-order valence-corrected chi connectivity index (χ2v) is 7.29. The van der Waals surface area contributed by atoms with E-state index in [4.69, 9.17) is 5.41 Å². The van der Waals surface area contributed by atoms with Gasteiger partial charge in [0, 0.05) is 5.71 Å². The molecule has 1 N–H and O–H groups in total. The first-order valence-electron chi connectivity index (χ1n) is 8.30. The van der Waals surface area contributed by atoms with Crippen molar-refractivity contribution in [1.29, 1.82) is 5.41 Å². The molecule has 0 radical (unpaired) electrons. The Labute approximate surface area is 132 Å². The van der Waals surface area contributed by atoms with Gasteiger partial charge < -0.3 is 5.41 Å². The van der Waals surface area contributed by atoms with E-state index < -0.39 is 0 Å². The van der Waals surface area contributed by atoms with E-state index in [1.54, 1.807) is 6.92 Å². The first-order valence-corrected chi connectivity index (χ1v) is 8.30. The Morgan fingerprint density at radius 3 is 2.05 bits per heavy atom. The molecule has 0 fully saturated rings. The molecule has 0 saturated heterocycles. The van der Waals surface area contributed by atoms with Crippen molar-refractivity contribution in [1.82, 2.24) is 0 Å². The first kappa shape index (κ1) is 19.9. The second-order valence-electron chi connectivity index (χ2n) is 7.29. The van der Waals surface area contributed by atoms with Crippen molar-refractivity contribution in [3.8, 4) is 0 Å². The predicted octanol–water partition coefficient (Wildman–Crippen LogP) is 6.63. The molecule has 1 heteroatoms. The molecule has 120 valence electrons. The highest BCUT2D eigenvalue weighted by Gasteiger charge is 2.13. The fraction of sp³-hybridized carbons (Fsp3) is 0.650. The number of benzene rings is 1. The van der Waals surface area contributed by atoms with Crippen LogP contribution in [0, 0.1) is 23.7 Å². The summed E-state index contributed by atoms with van der Waals surface area (Å²) in [5.41, 5.74) is 3.45. The van der Waals surface area contributed by atoms with Crippen LogP contribution in [0.1, 0.15) is 78.4 Å². The summed E-state index contributed by atoms with van der Waals surface area (Å²) in [6.45, 7) is 15.5. The summed E-state index contributed by atoms with van der Waals surface area (Å²) in [7, 11) is 0. The molecule has 21 heavy (non-hydrogen) atoms. The van der Waals surface area contributed by atoms with Crippen molar-refractivity contribution in [2.75, 3.05) is 0 Å². The lowest BCUT2D eigenvalue weighted by Crippen LogP contribution is -2.09. The summed E-state index contributed by atoms with van der Waals surface area (Å²) in [6.07, 6.45) is 5.49. The average Bonchev–Trinajstić information content (AvgIpc) is 2.39. The van der Waals surface area contributed by atoms with E-state index >= 15 is 0 Å². The van der Waals surface area contributed by atoms with Crippen LogP contribution in [0.15, 0.2) is 24.3 Å². The minimum atomic E-state index is 0.578.